The van der Waals surface area contributed by atoms with E-state index in [-0.39, 0.29) is 11.5 Å². The normalized spacial score (nSPS) is 24.4. The van der Waals surface area contributed by atoms with Crippen LogP contribution in [0.5, 0.6) is 0 Å². The molecule has 0 unspecified atom stereocenters. The third-order valence-electron chi connectivity index (χ3n) is 4.47. The van der Waals surface area contributed by atoms with Crippen molar-refractivity contribution in [3.8, 4) is 0 Å². The van der Waals surface area contributed by atoms with Crippen molar-refractivity contribution in [3.05, 3.63) is 34.2 Å². The van der Waals surface area contributed by atoms with Crippen LogP contribution in [0, 0.1) is 5.92 Å². The number of amides is 1. The third kappa shape index (κ3) is 2.38. The quantitative estimate of drug-likeness (QED) is 0.832. The predicted molar refractivity (Wildman–Crippen MR) is 75.1 cm³/mol. The molecule has 1 aromatic rings. The highest BCUT2D eigenvalue weighted by Gasteiger charge is 2.35. The van der Waals surface area contributed by atoms with Gasteiger partial charge in [0.15, 0.2) is 0 Å². The molecular weight excluding hydrogens is 254 g/mol. The number of aromatic nitrogens is 1. The Kier molecular flexibility index (Phi) is 3.61. The van der Waals surface area contributed by atoms with Crippen molar-refractivity contribution in [1.82, 2.24) is 9.47 Å². The summed E-state index contributed by atoms with van der Waals surface area (Å²) in [6.07, 6.45) is 2.56. The van der Waals surface area contributed by atoms with Crippen LogP contribution in [0.2, 0.25) is 0 Å². The molecule has 1 amide bonds. The number of rotatable bonds is 3. The van der Waals surface area contributed by atoms with E-state index in [1.54, 1.807) is 6.07 Å². The number of piperidine rings is 1. The largest absolute Gasteiger partial charge is 0.358 e. The molecule has 0 aliphatic carbocycles. The van der Waals surface area contributed by atoms with Crippen LogP contribution in [0.1, 0.15) is 30.9 Å². The lowest BCUT2D eigenvalue weighted by atomic mass is 9.83. The fourth-order valence-electron chi connectivity index (χ4n) is 3.53. The molecule has 0 aromatic carbocycles. The smallest absolute Gasteiger partial charge is 0.250 e. The zero-order valence-corrected chi connectivity index (χ0v) is 11.8. The molecule has 0 spiro atoms. The summed E-state index contributed by atoms with van der Waals surface area (Å²) in [6.45, 7) is 3.12. The molecule has 3 rings (SSSR count). The Morgan fingerprint density at radius 3 is 2.95 bits per heavy atom. The summed E-state index contributed by atoms with van der Waals surface area (Å²) >= 11 is 0. The maximum atomic E-state index is 12.2. The second kappa shape index (κ2) is 5.40. The van der Waals surface area contributed by atoms with Crippen molar-refractivity contribution in [2.24, 2.45) is 5.92 Å². The van der Waals surface area contributed by atoms with Gasteiger partial charge in [0.05, 0.1) is 6.54 Å². The van der Waals surface area contributed by atoms with Gasteiger partial charge in [-0.3, -0.25) is 9.59 Å². The van der Waals surface area contributed by atoms with E-state index in [0.717, 1.165) is 44.7 Å². The lowest BCUT2D eigenvalue weighted by Gasteiger charge is -2.42. The lowest BCUT2D eigenvalue weighted by Crippen LogP contribution is -2.51. The average molecular weight is 276 g/mol. The minimum absolute atomic E-state index is 0.0917. The van der Waals surface area contributed by atoms with Gasteiger partial charge in [-0.25, -0.2) is 0 Å². The van der Waals surface area contributed by atoms with Gasteiger partial charge in [0.2, 0.25) is 5.91 Å². The number of hydrogen-bond acceptors (Lipinski definition) is 2. The van der Waals surface area contributed by atoms with E-state index in [2.05, 4.69) is 5.73 Å². The Bertz CT molecular complexity index is 566. The average Bonchev–Trinajstić information content (AvgIpc) is 2.46. The van der Waals surface area contributed by atoms with Gasteiger partial charge in [0.1, 0.15) is 0 Å². The van der Waals surface area contributed by atoms with E-state index in [1.807, 2.05) is 21.6 Å². The van der Waals surface area contributed by atoms with Crippen LogP contribution in [-0.4, -0.2) is 35.0 Å². The second-order valence-electron chi connectivity index (χ2n) is 5.95. The van der Waals surface area contributed by atoms with Gasteiger partial charge in [-0.1, -0.05) is 6.07 Å². The van der Waals surface area contributed by atoms with Crippen molar-refractivity contribution in [3.63, 3.8) is 0 Å². The lowest BCUT2D eigenvalue weighted by molar-refractivity contribution is -0.368. The molecule has 2 aliphatic rings. The maximum absolute atomic E-state index is 12.2. The van der Waals surface area contributed by atoms with Crippen LogP contribution in [0.25, 0.3) is 0 Å². The first-order chi connectivity index (χ1) is 9.69. The molecule has 3 heterocycles. The summed E-state index contributed by atoms with van der Waals surface area (Å²) in [6, 6.07) is 5.49. The zero-order chi connectivity index (χ0) is 14.1. The summed E-state index contributed by atoms with van der Waals surface area (Å²) in [4.78, 5) is 26.1. The number of carbonyl (C=O) groups excluding carboxylic acids is 1. The molecule has 5 nitrogen and oxygen atoms in total. The van der Waals surface area contributed by atoms with Crippen molar-refractivity contribution in [2.45, 2.75) is 31.7 Å². The molecule has 1 aromatic heterocycles. The molecule has 108 valence electrons. The zero-order valence-electron chi connectivity index (χ0n) is 11.8. The fourth-order valence-corrected chi connectivity index (χ4v) is 3.53. The van der Waals surface area contributed by atoms with E-state index in [0.29, 0.717) is 18.3 Å². The molecule has 2 atom stereocenters. The fraction of sp³-hybridized carbons (Fsp3) is 0.600. The Labute approximate surface area is 118 Å². The highest BCUT2D eigenvalue weighted by Crippen LogP contribution is 2.35. The highest BCUT2D eigenvalue weighted by atomic mass is 16.2. The minimum Gasteiger partial charge on any atom is -0.358 e. The number of nitrogens with zero attached hydrogens (tertiary/aromatic N) is 2. The van der Waals surface area contributed by atoms with Gasteiger partial charge in [0, 0.05) is 50.2 Å². The van der Waals surface area contributed by atoms with Gasteiger partial charge < -0.3 is 15.2 Å². The molecule has 5 heteroatoms. The number of likely N-dealkylation sites (tertiary alicyclic amines) is 1. The SMILES string of the molecule is [NH3+]CCCC(=O)N1C[C@H]2C[C@@H](C1)c1cccc(=O)n1C2. The van der Waals surface area contributed by atoms with Gasteiger partial charge in [-0.2, -0.15) is 0 Å². The highest BCUT2D eigenvalue weighted by molar-refractivity contribution is 5.76. The summed E-state index contributed by atoms with van der Waals surface area (Å²) in [5, 5.41) is 0. The molecular formula is C15H22N3O2+. The Hall–Kier alpha value is -1.62. The van der Waals surface area contributed by atoms with E-state index in [1.165, 1.54) is 0 Å². The van der Waals surface area contributed by atoms with E-state index in [4.69, 9.17) is 0 Å². The number of pyridine rings is 1. The van der Waals surface area contributed by atoms with Gasteiger partial charge in [-0.05, 0) is 18.4 Å². The van der Waals surface area contributed by atoms with Gasteiger partial charge in [0.25, 0.3) is 5.56 Å². The molecule has 1 saturated heterocycles. The molecule has 2 aliphatic heterocycles. The summed E-state index contributed by atoms with van der Waals surface area (Å²) < 4.78 is 1.90. The predicted octanol–water partition coefficient (Wildman–Crippen LogP) is -0.184. The standard InChI is InChI=1S/C15H21N3O2/c16-6-2-5-14(19)17-8-11-7-12(10-17)13-3-1-4-15(20)18(13)9-11/h1,3-4,11-12H,2,5-10,16H2/p+1/t11-,12+/m1/s1. The molecule has 20 heavy (non-hydrogen) atoms. The van der Waals surface area contributed by atoms with Crippen molar-refractivity contribution < 1.29 is 10.5 Å². The molecule has 3 N–H and O–H groups in total. The van der Waals surface area contributed by atoms with Crippen LogP contribution in [-0.2, 0) is 11.3 Å². The molecule has 1 fully saturated rings. The maximum Gasteiger partial charge on any atom is 0.250 e. The summed E-state index contributed by atoms with van der Waals surface area (Å²) in [5.41, 5.74) is 4.98. The van der Waals surface area contributed by atoms with Crippen LogP contribution in [0.3, 0.4) is 0 Å². The Morgan fingerprint density at radius 1 is 1.30 bits per heavy atom. The molecule has 0 radical (unpaired) electrons. The topological polar surface area (TPSA) is 70.0 Å². The molecule has 0 saturated carbocycles. The monoisotopic (exact) mass is 276 g/mol. The first kappa shape index (κ1) is 13.4. The first-order valence-corrected chi connectivity index (χ1v) is 7.46. The van der Waals surface area contributed by atoms with Crippen molar-refractivity contribution >= 4 is 5.91 Å². The van der Waals surface area contributed by atoms with Crippen LogP contribution >= 0.6 is 0 Å². The number of carbonyl (C=O) groups is 1. The van der Waals surface area contributed by atoms with Crippen LogP contribution in [0.4, 0.5) is 0 Å². The summed E-state index contributed by atoms with van der Waals surface area (Å²) in [7, 11) is 0. The Morgan fingerprint density at radius 2 is 2.15 bits per heavy atom. The third-order valence-corrected chi connectivity index (χ3v) is 4.47. The number of fused-ring (bicyclic) bond motifs is 4. The van der Waals surface area contributed by atoms with E-state index >= 15 is 0 Å². The van der Waals surface area contributed by atoms with Crippen LogP contribution in [0.15, 0.2) is 23.0 Å². The van der Waals surface area contributed by atoms with E-state index in [9.17, 15) is 9.59 Å². The number of hydrogen-bond donors (Lipinski definition) is 1. The van der Waals surface area contributed by atoms with Crippen molar-refractivity contribution in [2.75, 3.05) is 19.6 Å². The van der Waals surface area contributed by atoms with Crippen LogP contribution < -0.4 is 11.3 Å². The Balaban J connectivity index is 1.80. The molecule has 2 bridgehead atoms. The van der Waals surface area contributed by atoms with Gasteiger partial charge in [-0.15, -0.1) is 0 Å². The minimum atomic E-state index is 0.0917. The second-order valence-corrected chi connectivity index (χ2v) is 5.95. The summed E-state index contributed by atoms with van der Waals surface area (Å²) in [5.74, 6) is 0.986. The number of quaternary nitrogens is 1. The first-order valence-electron chi connectivity index (χ1n) is 7.46. The van der Waals surface area contributed by atoms with E-state index < -0.39 is 0 Å². The van der Waals surface area contributed by atoms with Gasteiger partial charge >= 0.3 is 0 Å². The van der Waals surface area contributed by atoms with Crippen molar-refractivity contribution in [1.29, 1.82) is 0 Å².